The fraction of sp³-hybridized carbons (Fsp3) is 0.643. The molecule has 2 nitrogen and oxygen atoms in total. The molecule has 0 saturated carbocycles. The number of aromatic nitrogens is 1. The quantitative estimate of drug-likeness (QED) is 0.825. The van der Waals surface area contributed by atoms with Crippen molar-refractivity contribution in [2.45, 2.75) is 46.1 Å². The summed E-state index contributed by atoms with van der Waals surface area (Å²) in [6.07, 6.45) is 4.15. The highest BCUT2D eigenvalue weighted by Gasteiger charge is 2.09. The molecule has 2 heteroatoms. The van der Waals surface area contributed by atoms with Gasteiger partial charge in [-0.1, -0.05) is 13.0 Å². The maximum absolute atomic E-state index is 4.36. The van der Waals surface area contributed by atoms with E-state index in [9.17, 15) is 0 Å². The first-order valence-corrected chi connectivity index (χ1v) is 6.12. The van der Waals surface area contributed by atoms with E-state index in [4.69, 9.17) is 0 Å². The Morgan fingerprint density at radius 3 is 2.62 bits per heavy atom. The van der Waals surface area contributed by atoms with Crippen LogP contribution in [0.4, 0.5) is 0 Å². The Labute approximate surface area is 99.5 Å². The van der Waals surface area contributed by atoms with Crippen LogP contribution in [0, 0.1) is 5.92 Å². The van der Waals surface area contributed by atoms with Gasteiger partial charge in [-0.3, -0.25) is 4.98 Å². The molecule has 0 amide bonds. The molecule has 0 aliphatic rings. The summed E-state index contributed by atoms with van der Waals surface area (Å²) >= 11 is 0. The van der Waals surface area contributed by atoms with Crippen molar-refractivity contribution >= 4 is 0 Å². The van der Waals surface area contributed by atoms with Crippen LogP contribution in [0.2, 0.25) is 0 Å². The number of nitrogens with zero attached hydrogens (tertiary/aromatic N) is 1. The Kier molecular flexibility index (Phi) is 4.94. The van der Waals surface area contributed by atoms with Gasteiger partial charge in [0, 0.05) is 17.4 Å². The molecular weight excluding hydrogens is 196 g/mol. The predicted octanol–water partition coefficient (Wildman–Crippen LogP) is 3.04. The van der Waals surface area contributed by atoms with Gasteiger partial charge in [-0.25, -0.2) is 0 Å². The van der Waals surface area contributed by atoms with Gasteiger partial charge in [0.15, 0.2) is 0 Å². The lowest BCUT2D eigenvalue weighted by Gasteiger charge is -2.21. The van der Waals surface area contributed by atoms with E-state index in [0.29, 0.717) is 5.92 Å². The summed E-state index contributed by atoms with van der Waals surface area (Å²) in [4.78, 5) is 4.36. The Balaban J connectivity index is 2.24. The molecule has 0 aromatic carbocycles. The van der Waals surface area contributed by atoms with Crippen LogP contribution in [0.5, 0.6) is 0 Å². The summed E-state index contributed by atoms with van der Waals surface area (Å²) in [5.41, 5.74) is 1.43. The van der Waals surface area contributed by atoms with Gasteiger partial charge in [-0.05, 0) is 58.2 Å². The first-order valence-electron chi connectivity index (χ1n) is 6.12. The zero-order valence-electron chi connectivity index (χ0n) is 11.0. The third-order valence-electron chi connectivity index (χ3n) is 2.58. The van der Waals surface area contributed by atoms with Crippen LogP contribution in [0.1, 0.15) is 39.8 Å². The van der Waals surface area contributed by atoms with Crippen molar-refractivity contribution in [3.8, 4) is 0 Å². The molecule has 0 aliphatic heterocycles. The highest BCUT2D eigenvalue weighted by molar-refractivity contribution is 5.04. The minimum atomic E-state index is 0.227. The SMILES string of the molecule is CC(CCNC(C)(C)C)Cc1ccccn1. The standard InChI is InChI=1S/C14H24N2/c1-12(8-10-16-14(2,3)4)11-13-7-5-6-9-15-13/h5-7,9,12,16H,8,10-11H2,1-4H3. The van der Waals surface area contributed by atoms with Gasteiger partial charge in [0.25, 0.3) is 0 Å². The molecule has 1 aromatic rings. The summed E-state index contributed by atoms with van der Waals surface area (Å²) in [6.45, 7) is 9.99. The van der Waals surface area contributed by atoms with Gasteiger partial charge in [-0.15, -0.1) is 0 Å². The highest BCUT2D eigenvalue weighted by atomic mass is 14.9. The van der Waals surface area contributed by atoms with Crippen molar-refractivity contribution in [3.05, 3.63) is 30.1 Å². The first kappa shape index (κ1) is 13.2. The molecule has 1 atom stereocenters. The van der Waals surface area contributed by atoms with Gasteiger partial charge < -0.3 is 5.32 Å². The van der Waals surface area contributed by atoms with E-state index in [1.54, 1.807) is 0 Å². The molecule has 1 aromatic heterocycles. The lowest BCUT2D eigenvalue weighted by Crippen LogP contribution is -2.37. The van der Waals surface area contributed by atoms with Gasteiger partial charge in [-0.2, -0.15) is 0 Å². The lowest BCUT2D eigenvalue weighted by molar-refractivity contribution is 0.393. The van der Waals surface area contributed by atoms with E-state index in [1.165, 1.54) is 12.1 Å². The summed E-state index contributed by atoms with van der Waals surface area (Å²) in [5.74, 6) is 0.685. The van der Waals surface area contributed by atoms with E-state index in [1.807, 2.05) is 12.3 Å². The minimum absolute atomic E-state index is 0.227. The number of rotatable bonds is 5. The average Bonchev–Trinajstić information content (AvgIpc) is 2.17. The third kappa shape index (κ3) is 5.86. The first-order chi connectivity index (χ1) is 7.47. The maximum atomic E-state index is 4.36. The monoisotopic (exact) mass is 220 g/mol. The fourth-order valence-corrected chi connectivity index (χ4v) is 1.67. The van der Waals surface area contributed by atoms with Crippen molar-refractivity contribution in [2.75, 3.05) is 6.54 Å². The van der Waals surface area contributed by atoms with E-state index in [-0.39, 0.29) is 5.54 Å². The largest absolute Gasteiger partial charge is 0.312 e. The van der Waals surface area contributed by atoms with Crippen molar-refractivity contribution in [1.29, 1.82) is 0 Å². The molecule has 0 fully saturated rings. The minimum Gasteiger partial charge on any atom is -0.312 e. The zero-order valence-corrected chi connectivity index (χ0v) is 11.0. The molecule has 0 bridgehead atoms. The van der Waals surface area contributed by atoms with Crippen molar-refractivity contribution < 1.29 is 0 Å². The van der Waals surface area contributed by atoms with Crippen LogP contribution in [0.25, 0.3) is 0 Å². The third-order valence-corrected chi connectivity index (χ3v) is 2.58. The highest BCUT2D eigenvalue weighted by Crippen LogP contribution is 2.09. The molecule has 1 unspecified atom stereocenters. The molecule has 0 spiro atoms. The van der Waals surface area contributed by atoms with Crippen LogP contribution in [-0.2, 0) is 6.42 Å². The smallest absolute Gasteiger partial charge is 0.0406 e. The Bertz CT molecular complexity index is 287. The lowest BCUT2D eigenvalue weighted by atomic mass is 10.0. The molecule has 1 N–H and O–H groups in total. The van der Waals surface area contributed by atoms with Gasteiger partial charge in [0.2, 0.25) is 0 Å². The van der Waals surface area contributed by atoms with Crippen LogP contribution >= 0.6 is 0 Å². The Morgan fingerprint density at radius 2 is 2.06 bits per heavy atom. The van der Waals surface area contributed by atoms with E-state index >= 15 is 0 Å². The summed E-state index contributed by atoms with van der Waals surface area (Å²) in [6, 6.07) is 6.13. The second kappa shape index (κ2) is 6.00. The topological polar surface area (TPSA) is 24.9 Å². The maximum Gasteiger partial charge on any atom is 0.0406 e. The van der Waals surface area contributed by atoms with E-state index in [0.717, 1.165) is 13.0 Å². The molecule has 90 valence electrons. The molecule has 16 heavy (non-hydrogen) atoms. The molecule has 0 saturated heterocycles. The average molecular weight is 220 g/mol. The second-order valence-electron chi connectivity index (χ2n) is 5.60. The summed E-state index contributed by atoms with van der Waals surface area (Å²) in [7, 11) is 0. The second-order valence-corrected chi connectivity index (χ2v) is 5.60. The predicted molar refractivity (Wildman–Crippen MR) is 69.5 cm³/mol. The van der Waals surface area contributed by atoms with Gasteiger partial charge in [0.05, 0.1) is 0 Å². The summed E-state index contributed by atoms with van der Waals surface area (Å²) < 4.78 is 0. The van der Waals surface area contributed by atoms with Crippen LogP contribution < -0.4 is 5.32 Å². The van der Waals surface area contributed by atoms with Crippen LogP contribution in [0.3, 0.4) is 0 Å². The van der Waals surface area contributed by atoms with Crippen molar-refractivity contribution in [2.24, 2.45) is 5.92 Å². The fourth-order valence-electron chi connectivity index (χ4n) is 1.67. The van der Waals surface area contributed by atoms with E-state index < -0.39 is 0 Å². The molecule has 0 radical (unpaired) electrons. The Morgan fingerprint density at radius 1 is 1.31 bits per heavy atom. The number of pyridine rings is 1. The number of hydrogen-bond acceptors (Lipinski definition) is 2. The molecule has 0 aliphatic carbocycles. The van der Waals surface area contributed by atoms with Gasteiger partial charge in [0.1, 0.15) is 0 Å². The normalized spacial score (nSPS) is 13.8. The zero-order chi connectivity index (χ0) is 12.0. The number of hydrogen-bond donors (Lipinski definition) is 1. The molecule has 1 rings (SSSR count). The van der Waals surface area contributed by atoms with Crippen molar-refractivity contribution in [3.63, 3.8) is 0 Å². The number of nitrogens with one attached hydrogen (secondary N) is 1. The molecular formula is C14H24N2. The van der Waals surface area contributed by atoms with Gasteiger partial charge >= 0.3 is 0 Å². The van der Waals surface area contributed by atoms with Crippen molar-refractivity contribution in [1.82, 2.24) is 10.3 Å². The van der Waals surface area contributed by atoms with Crippen LogP contribution in [-0.4, -0.2) is 17.1 Å². The molecule has 1 heterocycles. The van der Waals surface area contributed by atoms with E-state index in [2.05, 4.69) is 50.1 Å². The Hall–Kier alpha value is -0.890. The summed E-state index contributed by atoms with van der Waals surface area (Å²) in [5, 5.41) is 3.52. The van der Waals surface area contributed by atoms with Crippen LogP contribution in [0.15, 0.2) is 24.4 Å².